The van der Waals surface area contributed by atoms with Crippen molar-refractivity contribution in [1.82, 2.24) is 4.98 Å². The highest BCUT2D eigenvalue weighted by molar-refractivity contribution is 5.62. The van der Waals surface area contributed by atoms with Crippen molar-refractivity contribution in [2.45, 2.75) is 66.7 Å². The average molecular weight is 493 g/mol. The summed E-state index contributed by atoms with van der Waals surface area (Å²) in [5.41, 5.74) is 8.20. The number of aryl methyl sites for hydroxylation is 4. The molecule has 3 aromatic rings. The Morgan fingerprint density at radius 1 is 1.08 bits per heavy atom. The van der Waals surface area contributed by atoms with Gasteiger partial charge < -0.3 is 5.32 Å². The minimum atomic E-state index is -2.77. The first-order valence-electron chi connectivity index (χ1n) is 12.5. The third kappa shape index (κ3) is 10.2. The van der Waals surface area contributed by atoms with Gasteiger partial charge in [-0.2, -0.15) is 0 Å². The zero-order valence-electron chi connectivity index (χ0n) is 23.0. The van der Waals surface area contributed by atoms with Crippen LogP contribution in [0.5, 0.6) is 0 Å². The van der Waals surface area contributed by atoms with Crippen molar-refractivity contribution >= 4 is 17.5 Å². The Hall–Kier alpha value is -3.27. The number of alkyl halides is 2. The van der Waals surface area contributed by atoms with E-state index >= 15 is 0 Å². The van der Waals surface area contributed by atoms with Gasteiger partial charge >= 0.3 is 0 Å². The molecule has 1 aromatic heterocycles. The van der Waals surface area contributed by atoms with Crippen molar-refractivity contribution in [3.05, 3.63) is 107 Å². The van der Waals surface area contributed by atoms with Crippen LogP contribution >= 0.6 is 0 Å². The van der Waals surface area contributed by atoms with Gasteiger partial charge in [0.25, 0.3) is 5.92 Å². The van der Waals surface area contributed by atoms with Gasteiger partial charge in [-0.05, 0) is 68.0 Å². The molecule has 1 heterocycles. The molecule has 0 aliphatic rings. The zero-order valence-corrected chi connectivity index (χ0v) is 23.0. The van der Waals surface area contributed by atoms with Gasteiger partial charge in [-0.3, -0.25) is 0 Å². The normalized spacial score (nSPS) is 10.4. The Labute approximate surface area is 217 Å². The van der Waals surface area contributed by atoms with Crippen molar-refractivity contribution in [1.29, 1.82) is 0 Å². The topological polar surface area (TPSA) is 24.9 Å². The summed E-state index contributed by atoms with van der Waals surface area (Å²) in [6.45, 7) is 18.8. The summed E-state index contributed by atoms with van der Waals surface area (Å²) < 4.78 is 25.7. The van der Waals surface area contributed by atoms with Crippen LogP contribution in [0.4, 0.5) is 14.6 Å². The lowest BCUT2D eigenvalue weighted by atomic mass is 10.0. The van der Waals surface area contributed by atoms with E-state index in [1.807, 2.05) is 19.3 Å². The molecule has 0 aliphatic heterocycles. The third-order valence-electron chi connectivity index (χ3n) is 5.72. The SMILES string of the molecule is C=C(C)c1cccc(C(C)(F)F)c1.C=Cc1cc(CC)cnc1NC.CCCc1ccc(C)cc1C. The van der Waals surface area contributed by atoms with Crippen LogP contribution in [0.2, 0.25) is 0 Å². The predicted octanol–water partition coefficient (Wildman–Crippen LogP) is 9.42. The van der Waals surface area contributed by atoms with Gasteiger partial charge in [0.05, 0.1) is 0 Å². The van der Waals surface area contributed by atoms with Crippen LogP contribution in [-0.2, 0) is 18.8 Å². The minimum absolute atomic E-state index is 0.0352. The van der Waals surface area contributed by atoms with Crippen molar-refractivity contribution in [3.63, 3.8) is 0 Å². The quantitative estimate of drug-likeness (QED) is 0.355. The van der Waals surface area contributed by atoms with E-state index in [-0.39, 0.29) is 5.56 Å². The molecule has 0 fully saturated rings. The smallest absolute Gasteiger partial charge is 0.270 e. The summed E-state index contributed by atoms with van der Waals surface area (Å²) in [4.78, 5) is 4.26. The number of nitrogens with zero attached hydrogens (tertiary/aromatic N) is 1. The van der Waals surface area contributed by atoms with Gasteiger partial charge in [-0.1, -0.05) is 87.0 Å². The van der Waals surface area contributed by atoms with Crippen molar-refractivity contribution in [3.8, 4) is 0 Å². The number of benzene rings is 2. The summed E-state index contributed by atoms with van der Waals surface area (Å²) >= 11 is 0. The van der Waals surface area contributed by atoms with Crippen molar-refractivity contribution in [2.24, 2.45) is 0 Å². The summed E-state index contributed by atoms with van der Waals surface area (Å²) in [6, 6.07) is 15.1. The number of pyridine rings is 1. The van der Waals surface area contributed by atoms with E-state index in [0.29, 0.717) is 0 Å². The second kappa shape index (κ2) is 15.0. The highest BCUT2D eigenvalue weighted by Gasteiger charge is 2.23. The Morgan fingerprint density at radius 2 is 1.78 bits per heavy atom. The number of hydrogen-bond acceptors (Lipinski definition) is 2. The van der Waals surface area contributed by atoms with Crippen molar-refractivity contribution in [2.75, 3.05) is 12.4 Å². The van der Waals surface area contributed by atoms with Gasteiger partial charge in [0.2, 0.25) is 0 Å². The molecular formula is C32H42F2N2. The molecule has 0 atom stereocenters. The molecule has 4 heteroatoms. The number of rotatable bonds is 7. The number of aromatic nitrogens is 1. The van der Waals surface area contributed by atoms with E-state index in [1.165, 1.54) is 47.2 Å². The maximum absolute atomic E-state index is 12.9. The number of nitrogens with one attached hydrogen (secondary N) is 1. The molecule has 0 amide bonds. The maximum atomic E-state index is 12.9. The number of halogens is 2. The van der Waals surface area contributed by atoms with E-state index in [0.717, 1.165) is 35.9 Å². The van der Waals surface area contributed by atoms with E-state index in [4.69, 9.17) is 0 Å². The fourth-order valence-corrected chi connectivity index (χ4v) is 3.54. The van der Waals surface area contributed by atoms with Gasteiger partial charge in [-0.15, -0.1) is 0 Å². The largest absolute Gasteiger partial charge is 0.373 e. The second-order valence-electron chi connectivity index (χ2n) is 9.02. The zero-order chi connectivity index (χ0) is 27.3. The van der Waals surface area contributed by atoms with Crippen molar-refractivity contribution < 1.29 is 8.78 Å². The molecule has 0 saturated heterocycles. The van der Waals surface area contributed by atoms with E-state index < -0.39 is 5.92 Å². The van der Waals surface area contributed by atoms with E-state index in [9.17, 15) is 8.78 Å². The summed E-state index contributed by atoms with van der Waals surface area (Å²) in [5.74, 6) is -1.88. The molecule has 36 heavy (non-hydrogen) atoms. The molecule has 194 valence electrons. The molecule has 3 rings (SSSR count). The standard InChI is InChI=1S/C11H12F2.C11H16.C10H14N2/c1-8(2)9-5-4-6-10(7-9)11(3,12)13;1-4-5-11-7-6-9(2)8-10(11)3;1-4-8-6-9(5-2)10(11-3)12-7-8/h4-7H,1H2,2-3H3;6-8H,4-5H2,1-3H3;5-7H,2,4H2,1,3H3,(H,11,12). The number of anilines is 1. The first-order valence-corrected chi connectivity index (χ1v) is 12.5. The molecule has 0 spiro atoms. The van der Waals surface area contributed by atoms with Crippen LogP contribution in [0.15, 0.2) is 67.9 Å². The van der Waals surface area contributed by atoms with Gasteiger partial charge in [0.1, 0.15) is 5.82 Å². The number of hydrogen-bond donors (Lipinski definition) is 1. The highest BCUT2D eigenvalue weighted by Crippen LogP contribution is 2.28. The first-order chi connectivity index (χ1) is 17.0. The predicted molar refractivity (Wildman–Crippen MR) is 154 cm³/mol. The molecular weight excluding hydrogens is 450 g/mol. The summed E-state index contributed by atoms with van der Waals surface area (Å²) in [6.07, 6.45) is 7.17. The van der Waals surface area contributed by atoms with E-state index in [1.54, 1.807) is 19.1 Å². The Bertz CT molecular complexity index is 1130. The van der Waals surface area contributed by atoms with Crippen LogP contribution < -0.4 is 5.32 Å². The van der Waals surface area contributed by atoms with Crippen LogP contribution in [0.1, 0.15) is 73.1 Å². The Balaban J connectivity index is 0.000000271. The second-order valence-corrected chi connectivity index (χ2v) is 9.02. The molecule has 0 radical (unpaired) electrons. The fourth-order valence-electron chi connectivity index (χ4n) is 3.54. The number of allylic oxidation sites excluding steroid dienone is 1. The highest BCUT2D eigenvalue weighted by atomic mass is 19.3. The van der Waals surface area contributed by atoms with E-state index in [2.05, 4.69) is 75.4 Å². The van der Waals surface area contributed by atoms with Crippen LogP contribution in [0, 0.1) is 13.8 Å². The fraction of sp³-hybridized carbons (Fsp3) is 0.344. The third-order valence-corrected chi connectivity index (χ3v) is 5.72. The maximum Gasteiger partial charge on any atom is 0.270 e. The lowest BCUT2D eigenvalue weighted by Crippen LogP contribution is -2.06. The lowest BCUT2D eigenvalue weighted by molar-refractivity contribution is 0.0174. The molecule has 0 unspecified atom stereocenters. The van der Waals surface area contributed by atoms with Crippen LogP contribution in [0.3, 0.4) is 0 Å². The molecule has 0 bridgehead atoms. The Kier molecular flexibility index (Phi) is 12.8. The van der Waals surface area contributed by atoms with Gasteiger partial charge in [-0.25, -0.2) is 13.8 Å². The van der Waals surface area contributed by atoms with Crippen LogP contribution in [0.25, 0.3) is 11.6 Å². The molecule has 2 aromatic carbocycles. The molecule has 2 nitrogen and oxygen atoms in total. The lowest BCUT2D eigenvalue weighted by Gasteiger charge is -2.11. The van der Waals surface area contributed by atoms with Crippen LogP contribution in [-0.4, -0.2) is 12.0 Å². The Morgan fingerprint density at radius 3 is 2.28 bits per heavy atom. The monoisotopic (exact) mass is 492 g/mol. The van der Waals surface area contributed by atoms with Gasteiger partial charge in [0, 0.05) is 31.3 Å². The molecule has 0 saturated carbocycles. The minimum Gasteiger partial charge on any atom is -0.373 e. The summed E-state index contributed by atoms with van der Waals surface area (Å²) in [5, 5.41) is 3.02. The average Bonchev–Trinajstić information content (AvgIpc) is 2.85. The molecule has 0 aliphatic carbocycles. The molecule has 1 N–H and O–H groups in total. The van der Waals surface area contributed by atoms with Gasteiger partial charge in [0.15, 0.2) is 0 Å². The first kappa shape index (κ1) is 30.8. The summed E-state index contributed by atoms with van der Waals surface area (Å²) in [7, 11) is 1.86.